The SMILES string of the molecule is CC1=C(C#C/C(C)=C/C=C/C=C/C=C(C)/C=C2/C=C(C3C=C4C(C)(C)C[C@H](O)C[C@@]4(C)O3)C(=O)O2)C(C)(C)C[C@@H](O)C1. The topological polar surface area (TPSA) is 76.0 Å². The summed E-state index contributed by atoms with van der Waals surface area (Å²) in [6.07, 6.45) is 18.8. The van der Waals surface area contributed by atoms with Crippen molar-refractivity contribution in [1.82, 2.24) is 0 Å². The summed E-state index contributed by atoms with van der Waals surface area (Å²) in [7, 11) is 0. The zero-order valence-corrected chi connectivity index (χ0v) is 26.4. The van der Waals surface area contributed by atoms with Crippen molar-refractivity contribution < 1.29 is 24.5 Å². The van der Waals surface area contributed by atoms with Gasteiger partial charge in [0.2, 0.25) is 0 Å². The normalized spacial score (nSPS) is 32.2. The number of rotatable bonds is 5. The smallest absolute Gasteiger partial charge is 0.342 e. The molecule has 2 aliphatic heterocycles. The number of carbonyl (C=O) groups is 1. The fourth-order valence-electron chi connectivity index (χ4n) is 6.94. The number of ether oxygens (including phenoxy) is 2. The van der Waals surface area contributed by atoms with Crippen LogP contribution in [0.25, 0.3) is 0 Å². The van der Waals surface area contributed by atoms with Crippen LogP contribution in [0.4, 0.5) is 0 Å². The Bertz CT molecular complexity index is 1430. The third-order valence-corrected chi connectivity index (χ3v) is 8.61. The van der Waals surface area contributed by atoms with Crippen LogP contribution < -0.4 is 0 Å². The number of hydrogen-bond acceptors (Lipinski definition) is 5. The van der Waals surface area contributed by atoms with Gasteiger partial charge >= 0.3 is 5.97 Å². The molecule has 0 aromatic heterocycles. The number of aliphatic hydroxyl groups is 2. The van der Waals surface area contributed by atoms with E-state index in [4.69, 9.17) is 9.47 Å². The van der Waals surface area contributed by atoms with E-state index in [-0.39, 0.29) is 16.9 Å². The summed E-state index contributed by atoms with van der Waals surface area (Å²) in [5.74, 6) is 6.71. The Morgan fingerprint density at radius 2 is 1.62 bits per heavy atom. The van der Waals surface area contributed by atoms with Crippen molar-refractivity contribution in [2.45, 2.75) is 105 Å². The molecule has 4 atom stereocenters. The van der Waals surface area contributed by atoms with Crippen molar-refractivity contribution in [1.29, 1.82) is 0 Å². The van der Waals surface area contributed by atoms with Crippen LogP contribution >= 0.6 is 0 Å². The van der Waals surface area contributed by atoms with Gasteiger partial charge in [-0.2, -0.15) is 0 Å². The van der Waals surface area contributed by atoms with Crippen LogP contribution in [0.3, 0.4) is 0 Å². The Morgan fingerprint density at radius 1 is 0.952 bits per heavy atom. The molecule has 5 heteroatoms. The van der Waals surface area contributed by atoms with Gasteiger partial charge in [0.15, 0.2) is 0 Å². The zero-order chi connectivity index (χ0) is 30.9. The molecule has 1 unspecified atom stereocenters. The molecule has 0 bridgehead atoms. The third kappa shape index (κ3) is 7.24. The Kier molecular flexibility index (Phi) is 9.23. The maximum Gasteiger partial charge on any atom is 0.342 e. The van der Waals surface area contributed by atoms with Crippen molar-refractivity contribution in [3.8, 4) is 11.8 Å². The summed E-state index contributed by atoms with van der Waals surface area (Å²) in [5, 5.41) is 20.5. The van der Waals surface area contributed by atoms with Crippen molar-refractivity contribution in [3.05, 3.63) is 93.9 Å². The van der Waals surface area contributed by atoms with Gasteiger partial charge in [0.25, 0.3) is 0 Å². The number of aliphatic hydroxyl groups excluding tert-OH is 2. The van der Waals surface area contributed by atoms with Gasteiger partial charge in [0.1, 0.15) is 11.9 Å². The highest BCUT2D eigenvalue weighted by Gasteiger charge is 2.52. The van der Waals surface area contributed by atoms with Gasteiger partial charge in [-0.15, -0.1) is 0 Å². The fourth-order valence-corrected chi connectivity index (χ4v) is 6.94. The number of carbonyl (C=O) groups excluding carboxylic acids is 1. The molecular formula is C37H46O5. The fraction of sp³-hybridized carbons (Fsp3) is 0.486. The Balaban J connectivity index is 1.37. The molecule has 0 aromatic rings. The second kappa shape index (κ2) is 12.2. The highest BCUT2D eigenvalue weighted by atomic mass is 16.6. The molecule has 0 saturated heterocycles. The molecule has 0 radical (unpaired) electrons. The number of fused-ring (bicyclic) bond motifs is 1. The molecule has 42 heavy (non-hydrogen) atoms. The van der Waals surface area contributed by atoms with Crippen LogP contribution in [0.5, 0.6) is 0 Å². The van der Waals surface area contributed by atoms with E-state index in [0.29, 0.717) is 30.6 Å². The first-order valence-corrected chi connectivity index (χ1v) is 14.9. The lowest BCUT2D eigenvalue weighted by molar-refractivity contribution is -0.135. The highest BCUT2D eigenvalue weighted by Crippen LogP contribution is 2.52. The first kappa shape index (κ1) is 31.8. The minimum Gasteiger partial charge on any atom is -0.423 e. The molecule has 224 valence electrons. The molecule has 2 aliphatic carbocycles. The largest absolute Gasteiger partial charge is 0.423 e. The molecule has 0 spiro atoms. The van der Waals surface area contributed by atoms with E-state index in [1.807, 2.05) is 69.4 Å². The molecular weight excluding hydrogens is 524 g/mol. The molecule has 5 nitrogen and oxygen atoms in total. The Labute approximate surface area is 251 Å². The molecule has 0 aromatic carbocycles. The quantitative estimate of drug-likeness (QED) is 0.159. The molecule has 4 rings (SSSR count). The van der Waals surface area contributed by atoms with Crippen LogP contribution in [-0.4, -0.2) is 40.1 Å². The molecule has 2 N–H and O–H groups in total. The van der Waals surface area contributed by atoms with E-state index in [9.17, 15) is 15.0 Å². The summed E-state index contributed by atoms with van der Waals surface area (Å²) < 4.78 is 11.9. The first-order valence-electron chi connectivity index (χ1n) is 14.9. The lowest BCUT2D eigenvalue weighted by Crippen LogP contribution is -2.45. The van der Waals surface area contributed by atoms with E-state index in [1.54, 1.807) is 6.08 Å². The molecule has 0 amide bonds. The van der Waals surface area contributed by atoms with Crippen LogP contribution in [0.1, 0.15) is 81.1 Å². The molecule has 4 aliphatic rings. The van der Waals surface area contributed by atoms with Crippen LogP contribution in [0, 0.1) is 22.7 Å². The van der Waals surface area contributed by atoms with Gasteiger partial charge in [-0.05, 0) is 87.3 Å². The number of esters is 1. The number of cyclic esters (lactones) is 1. The average molecular weight is 571 g/mol. The number of allylic oxidation sites excluding steroid dienone is 11. The molecule has 1 fully saturated rings. The van der Waals surface area contributed by atoms with Gasteiger partial charge in [0.05, 0.1) is 23.4 Å². The van der Waals surface area contributed by atoms with E-state index in [0.717, 1.165) is 28.7 Å². The van der Waals surface area contributed by atoms with Crippen LogP contribution in [0.15, 0.2) is 93.9 Å². The van der Waals surface area contributed by atoms with Crippen LogP contribution in [0.2, 0.25) is 0 Å². The zero-order valence-electron chi connectivity index (χ0n) is 26.4. The Morgan fingerprint density at radius 3 is 2.31 bits per heavy atom. The summed E-state index contributed by atoms with van der Waals surface area (Å²) >= 11 is 0. The lowest BCUT2D eigenvalue weighted by Gasteiger charge is -2.44. The Hall–Kier alpha value is -3.17. The van der Waals surface area contributed by atoms with Crippen molar-refractivity contribution >= 4 is 5.97 Å². The molecule has 1 saturated carbocycles. The van der Waals surface area contributed by atoms with Crippen molar-refractivity contribution in [2.75, 3.05) is 0 Å². The minimum atomic E-state index is -0.582. The monoisotopic (exact) mass is 570 g/mol. The summed E-state index contributed by atoms with van der Waals surface area (Å²) in [6.45, 7) is 16.5. The van der Waals surface area contributed by atoms with Gasteiger partial charge in [-0.3, -0.25) is 0 Å². The van der Waals surface area contributed by atoms with Crippen molar-refractivity contribution in [2.24, 2.45) is 10.8 Å². The maximum absolute atomic E-state index is 12.7. The third-order valence-electron chi connectivity index (χ3n) is 8.61. The van der Waals surface area contributed by atoms with Crippen LogP contribution in [-0.2, 0) is 14.3 Å². The predicted octanol–water partition coefficient (Wildman–Crippen LogP) is 7.12. The first-order chi connectivity index (χ1) is 19.6. The summed E-state index contributed by atoms with van der Waals surface area (Å²) in [6, 6.07) is 0. The van der Waals surface area contributed by atoms with Gasteiger partial charge in [0, 0.05) is 17.4 Å². The van der Waals surface area contributed by atoms with Gasteiger partial charge in [-0.25, -0.2) is 4.79 Å². The maximum atomic E-state index is 12.7. The standard InChI is InChI=1S/C37H46O5/c1-24(15-16-31-26(3)18-27(38)21-35(31,4)5)13-11-9-10-12-14-25(2)17-29-19-30(34(40)41-29)32-20-33-36(6,7)22-28(39)23-37(33,8)42-32/h9-14,17,19-20,27-28,32,38-39H,18,21-23H2,1-8H3/b11-9+,12-10+,24-13+,25-14+,29-17-/t27-,28-,32?,37+/m0/s1. The van der Waals surface area contributed by atoms with E-state index >= 15 is 0 Å². The van der Waals surface area contributed by atoms with Gasteiger partial charge < -0.3 is 19.7 Å². The lowest BCUT2D eigenvalue weighted by atomic mass is 9.65. The second-order valence-corrected chi connectivity index (χ2v) is 13.7. The van der Waals surface area contributed by atoms with Gasteiger partial charge in [-0.1, -0.05) is 81.6 Å². The van der Waals surface area contributed by atoms with E-state index < -0.39 is 23.8 Å². The predicted molar refractivity (Wildman–Crippen MR) is 168 cm³/mol. The van der Waals surface area contributed by atoms with Crippen molar-refractivity contribution in [3.63, 3.8) is 0 Å². The average Bonchev–Trinajstić information content (AvgIpc) is 3.38. The highest BCUT2D eigenvalue weighted by molar-refractivity contribution is 5.94. The summed E-state index contributed by atoms with van der Waals surface area (Å²) in [5.41, 5.74) is 4.97. The minimum absolute atomic E-state index is 0.109. The van der Waals surface area contributed by atoms with E-state index in [2.05, 4.69) is 46.5 Å². The van der Waals surface area contributed by atoms with E-state index in [1.165, 1.54) is 5.57 Å². The molecule has 2 heterocycles. The number of hydrogen-bond donors (Lipinski definition) is 2. The second-order valence-electron chi connectivity index (χ2n) is 13.7. The summed E-state index contributed by atoms with van der Waals surface area (Å²) in [4.78, 5) is 12.7.